The number of nitrogens with one attached hydrogen (secondary N) is 1. The molecule has 0 aliphatic heterocycles. The van der Waals surface area contributed by atoms with E-state index in [1.165, 1.54) is 5.56 Å². The van der Waals surface area contributed by atoms with Crippen molar-refractivity contribution in [1.29, 1.82) is 0 Å². The van der Waals surface area contributed by atoms with Crippen LogP contribution in [0.2, 0.25) is 0 Å². The SMILES string of the molecule is Nc1ccccc1NC(=O)C1Cc2cccnc2C1. The summed E-state index contributed by atoms with van der Waals surface area (Å²) >= 11 is 0. The Balaban J connectivity index is 1.72. The van der Waals surface area contributed by atoms with Gasteiger partial charge in [0.2, 0.25) is 5.91 Å². The van der Waals surface area contributed by atoms with E-state index in [9.17, 15) is 4.79 Å². The number of hydrogen-bond donors (Lipinski definition) is 2. The Morgan fingerprint density at radius 3 is 2.84 bits per heavy atom. The Morgan fingerprint density at radius 2 is 2.05 bits per heavy atom. The third kappa shape index (κ3) is 2.29. The van der Waals surface area contributed by atoms with Crippen LogP contribution in [0.1, 0.15) is 11.3 Å². The number of hydrogen-bond acceptors (Lipinski definition) is 3. The minimum absolute atomic E-state index is 0.0101. The van der Waals surface area contributed by atoms with Crippen LogP contribution >= 0.6 is 0 Å². The van der Waals surface area contributed by atoms with Crippen molar-refractivity contribution in [3.05, 3.63) is 53.9 Å². The second kappa shape index (κ2) is 4.72. The van der Waals surface area contributed by atoms with Crippen molar-refractivity contribution in [3.63, 3.8) is 0 Å². The van der Waals surface area contributed by atoms with Crippen molar-refractivity contribution >= 4 is 17.3 Å². The number of nitrogens with two attached hydrogens (primary N) is 1. The number of benzene rings is 1. The topological polar surface area (TPSA) is 68.0 Å². The molecule has 19 heavy (non-hydrogen) atoms. The molecule has 1 heterocycles. The number of carbonyl (C=O) groups excluding carboxylic acids is 1. The van der Waals surface area contributed by atoms with Gasteiger partial charge in [0.25, 0.3) is 0 Å². The molecule has 0 radical (unpaired) electrons. The van der Waals surface area contributed by atoms with Gasteiger partial charge in [0.1, 0.15) is 0 Å². The first-order valence-electron chi connectivity index (χ1n) is 6.32. The maximum atomic E-state index is 12.2. The maximum absolute atomic E-state index is 12.2. The molecule has 0 spiro atoms. The van der Waals surface area contributed by atoms with Crippen molar-refractivity contribution in [2.45, 2.75) is 12.8 Å². The average Bonchev–Trinajstić information content (AvgIpc) is 2.85. The van der Waals surface area contributed by atoms with E-state index in [4.69, 9.17) is 5.73 Å². The summed E-state index contributed by atoms with van der Waals surface area (Å²) < 4.78 is 0. The number of para-hydroxylation sites is 2. The molecule has 0 saturated heterocycles. The van der Waals surface area contributed by atoms with Gasteiger partial charge in [0.05, 0.1) is 11.4 Å². The maximum Gasteiger partial charge on any atom is 0.228 e. The predicted octanol–water partition coefficient (Wildman–Crippen LogP) is 2.02. The van der Waals surface area contributed by atoms with Gasteiger partial charge >= 0.3 is 0 Å². The molecular formula is C15H15N3O. The lowest BCUT2D eigenvalue weighted by atomic mass is 10.1. The number of nitrogens with zero attached hydrogens (tertiary/aromatic N) is 1. The molecule has 4 nitrogen and oxygen atoms in total. The van der Waals surface area contributed by atoms with Crippen LogP contribution in [0, 0.1) is 5.92 Å². The number of rotatable bonds is 2. The van der Waals surface area contributed by atoms with Crippen molar-refractivity contribution in [2.75, 3.05) is 11.1 Å². The summed E-state index contributed by atoms with van der Waals surface area (Å²) in [5, 5.41) is 2.90. The van der Waals surface area contributed by atoms with Crippen molar-refractivity contribution in [2.24, 2.45) is 5.92 Å². The van der Waals surface area contributed by atoms with Crippen LogP contribution < -0.4 is 11.1 Å². The van der Waals surface area contributed by atoms with Crippen molar-refractivity contribution in [3.8, 4) is 0 Å². The van der Waals surface area contributed by atoms with Gasteiger partial charge < -0.3 is 11.1 Å². The number of anilines is 2. The van der Waals surface area contributed by atoms with E-state index in [0.717, 1.165) is 12.1 Å². The normalized spacial score (nSPS) is 16.9. The van der Waals surface area contributed by atoms with E-state index in [2.05, 4.69) is 10.3 Å². The fourth-order valence-corrected chi connectivity index (χ4v) is 2.44. The Bertz CT molecular complexity index is 599. The number of aromatic nitrogens is 1. The highest BCUT2D eigenvalue weighted by atomic mass is 16.1. The van der Waals surface area contributed by atoms with E-state index in [1.807, 2.05) is 30.3 Å². The first kappa shape index (κ1) is 11.7. The van der Waals surface area contributed by atoms with E-state index in [-0.39, 0.29) is 11.8 Å². The molecule has 1 amide bonds. The molecule has 4 heteroatoms. The van der Waals surface area contributed by atoms with Crippen LogP contribution in [0.3, 0.4) is 0 Å². The van der Waals surface area contributed by atoms with Crippen LogP contribution in [0.15, 0.2) is 42.6 Å². The molecule has 1 atom stereocenters. The van der Waals surface area contributed by atoms with Crippen LogP contribution in [-0.2, 0) is 17.6 Å². The molecule has 1 unspecified atom stereocenters. The molecule has 0 saturated carbocycles. The lowest BCUT2D eigenvalue weighted by molar-refractivity contribution is -0.119. The fraction of sp³-hybridized carbons (Fsp3) is 0.200. The molecule has 96 valence electrons. The zero-order valence-electron chi connectivity index (χ0n) is 10.5. The van der Waals surface area contributed by atoms with Gasteiger partial charge in [-0.2, -0.15) is 0 Å². The minimum Gasteiger partial charge on any atom is -0.397 e. The summed E-state index contributed by atoms with van der Waals surface area (Å²) in [7, 11) is 0. The smallest absolute Gasteiger partial charge is 0.228 e. The predicted molar refractivity (Wildman–Crippen MR) is 74.6 cm³/mol. The van der Waals surface area contributed by atoms with Gasteiger partial charge in [-0.3, -0.25) is 9.78 Å². The zero-order chi connectivity index (χ0) is 13.2. The summed E-state index contributed by atoms with van der Waals surface area (Å²) in [6.45, 7) is 0. The van der Waals surface area contributed by atoms with Gasteiger partial charge in [-0.05, 0) is 30.2 Å². The summed E-state index contributed by atoms with van der Waals surface area (Å²) in [5.41, 5.74) is 9.29. The summed E-state index contributed by atoms with van der Waals surface area (Å²) in [4.78, 5) is 16.6. The molecule has 3 N–H and O–H groups in total. The van der Waals surface area contributed by atoms with Gasteiger partial charge in [-0.15, -0.1) is 0 Å². The molecule has 2 aromatic rings. The molecule has 1 aliphatic carbocycles. The van der Waals surface area contributed by atoms with Crippen LogP contribution in [0.25, 0.3) is 0 Å². The molecule has 0 fully saturated rings. The highest BCUT2D eigenvalue weighted by Gasteiger charge is 2.28. The van der Waals surface area contributed by atoms with Crippen LogP contribution in [-0.4, -0.2) is 10.9 Å². The third-order valence-electron chi connectivity index (χ3n) is 3.48. The molecule has 1 aliphatic rings. The quantitative estimate of drug-likeness (QED) is 0.804. The van der Waals surface area contributed by atoms with Gasteiger partial charge in [0, 0.05) is 24.2 Å². The largest absolute Gasteiger partial charge is 0.397 e. The van der Waals surface area contributed by atoms with E-state index in [1.54, 1.807) is 12.3 Å². The lowest BCUT2D eigenvalue weighted by Crippen LogP contribution is -2.23. The Kier molecular flexibility index (Phi) is 2.91. The van der Waals surface area contributed by atoms with Crippen LogP contribution in [0.5, 0.6) is 0 Å². The Labute approximate surface area is 111 Å². The monoisotopic (exact) mass is 253 g/mol. The highest BCUT2D eigenvalue weighted by Crippen LogP contribution is 2.26. The summed E-state index contributed by atoms with van der Waals surface area (Å²) in [6.07, 6.45) is 3.23. The molecule has 0 bridgehead atoms. The second-order valence-corrected chi connectivity index (χ2v) is 4.79. The zero-order valence-corrected chi connectivity index (χ0v) is 10.5. The third-order valence-corrected chi connectivity index (χ3v) is 3.48. The summed E-state index contributed by atoms with van der Waals surface area (Å²) in [6, 6.07) is 11.2. The first-order valence-corrected chi connectivity index (χ1v) is 6.32. The lowest BCUT2D eigenvalue weighted by Gasteiger charge is -2.11. The van der Waals surface area contributed by atoms with Crippen LogP contribution in [0.4, 0.5) is 11.4 Å². The molecule has 1 aromatic carbocycles. The summed E-state index contributed by atoms with van der Waals surface area (Å²) in [5.74, 6) is -0.0413. The van der Waals surface area contributed by atoms with Crippen molar-refractivity contribution < 1.29 is 4.79 Å². The van der Waals surface area contributed by atoms with E-state index >= 15 is 0 Å². The standard InChI is InChI=1S/C15H15N3O/c16-12-5-1-2-6-13(12)18-15(19)11-8-10-4-3-7-17-14(10)9-11/h1-7,11H,8-9,16H2,(H,18,19). The Hall–Kier alpha value is -2.36. The fourth-order valence-electron chi connectivity index (χ4n) is 2.44. The first-order chi connectivity index (χ1) is 9.24. The van der Waals surface area contributed by atoms with Gasteiger partial charge in [-0.1, -0.05) is 18.2 Å². The number of carbonyl (C=O) groups is 1. The van der Waals surface area contributed by atoms with Gasteiger partial charge in [-0.25, -0.2) is 0 Å². The molecule has 1 aromatic heterocycles. The number of pyridine rings is 1. The minimum atomic E-state index is -0.0514. The molecular weight excluding hydrogens is 238 g/mol. The van der Waals surface area contributed by atoms with E-state index < -0.39 is 0 Å². The molecule has 3 rings (SSSR count). The highest BCUT2D eigenvalue weighted by molar-refractivity contribution is 5.95. The van der Waals surface area contributed by atoms with Gasteiger partial charge in [0.15, 0.2) is 0 Å². The average molecular weight is 253 g/mol. The van der Waals surface area contributed by atoms with Crippen molar-refractivity contribution in [1.82, 2.24) is 4.98 Å². The number of nitrogen functional groups attached to an aromatic ring is 1. The number of fused-ring (bicyclic) bond motifs is 1. The second-order valence-electron chi connectivity index (χ2n) is 4.79. The Morgan fingerprint density at radius 1 is 1.21 bits per heavy atom. The number of amides is 1. The van der Waals surface area contributed by atoms with E-state index in [0.29, 0.717) is 17.8 Å².